The van der Waals surface area contributed by atoms with Crippen LogP contribution in [0.2, 0.25) is 0 Å². The minimum Gasteiger partial charge on any atom is -0.349 e. The van der Waals surface area contributed by atoms with Gasteiger partial charge in [0.1, 0.15) is 0 Å². The largest absolute Gasteiger partial charge is 0.349 e. The van der Waals surface area contributed by atoms with Crippen molar-refractivity contribution in [3.8, 4) is 0 Å². The van der Waals surface area contributed by atoms with Crippen molar-refractivity contribution in [1.82, 2.24) is 4.90 Å². The highest BCUT2D eigenvalue weighted by atomic mass is 16.2. The zero-order valence-corrected chi connectivity index (χ0v) is 14.3. The van der Waals surface area contributed by atoms with E-state index in [0.717, 1.165) is 19.3 Å². The maximum atomic E-state index is 12.6. The molecule has 24 heavy (non-hydrogen) atoms. The van der Waals surface area contributed by atoms with Crippen LogP contribution < -0.4 is 0 Å². The molecule has 1 fully saturated rings. The fourth-order valence-electron chi connectivity index (χ4n) is 4.59. The SMILES string of the molecule is CN(C)C(=O)C1CCC2(C1)c1ccccc1C=Cc1ccccc12. The number of carbonyl (C=O) groups is 1. The predicted octanol–water partition coefficient (Wildman–Crippen LogP) is 4.34. The summed E-state index contributed by atoms with van der Waals surface area (Å²) < 4.78 is 0. The molecule has 0 saturated heterocycles. The molecule has 1 saturated carbocycles. The fraction of sp³-hybridized carbons (Fsp3) is 0.318. The quantitative estimate of drug-likeness (QED) is 0.766. The van der Waals surface area contributed by atoms with Gasteiger partial charge < -0.3 is 4.90 Å². The van der Waals surface area contributed by atoms with Gasteiger partial charge >= 0.3 is 0 Å². The van der Waals surface area contributed by atoms with Crippen LogP contribution in [0.1, 0.15) is 41.5 Å². The third-order valence-electron chi connectivity index (χ3n) is 5.70. The van der Waals surface area contributed by atoms with E-state index in [1.165, 1.54) is 22.3 Å². The maximum absolute atomic E-state index is 12.6. The van der Waals surface area contributed by atoms with Crippen LogP contribution in [-0.2, 0) is 10.2 Å². The molecule has 1 atom stereocenters. The molecular formula is C22H23NO. The molecule has 0 bridgehead atoms. The Bertz CT molecular complexity index is 769. The molecule has 0 N–H and O–H groups in total. The Hall–Kier alpha value is -2.35. The summed E-state index contributed by atoms with van der Waals surface area (Å²) in [6.07, 6.45) is 7.35. The van der Waals surface area contributed by atoms with Gasteiger partial charge in [-0.2, -0.15) is 0 Å². The molecule has 1 unspecified atom stereocenters. The van der Waals surface area contributed by atoms with Crippen molar-refractivity contribution in [1.29, 1.82) is 0 Å². The summed E-state index contributed by atoms with van der Waals surface area (Å²) in [6.45, 7) is 0. The first-order valence-electron chi connectivity index (χ1n) is 8.70. The summed E-state index contributed by atoms with van der Waals surface area (Å²) in [5.74, 6) is 0.373. The van der Waals surface area contributed by atoms with Crippen LogP contribution in [0, 0.1) is 5.92 Å². The molecule has 0 aliphatic heterocycles. The standard InChI is InChI=1S/C22H23NO/c1-23(2)21(24)18-13-14-22(15-18)19-9-5-3-7-16(19)11-12-17-8-4-6-10-20(17)22/h3-12,18H,13-15H2,1-2H3. The van der Waals surface area contributed by atoms with Crippen molar-refractivity contribution < 1.29 is 4.79 Å². The lowest BCUT2D eigenvalue weighted by Crippen LogP contribution is -2.31. The lowest BCUT2D eigenvalue weighted by molar-refractivity contribution is -0.132. The summed E-state index contributed by atoms with van der Waals surface area (Å²) >= 11 is 0. The lowest BCUT2D eigenvalue weighted by Gasteiger charge is -2.33. The van der Waals surface area contributed by atoms with Crippen molar-refractivity contribution in [2.75, 3.05) is 14.1 Å². The monoisotopic (exact) mass is 317 g/mol. The molecule has 0 radical (unpaired) electrons. The molecule has 0 heterocycles. The molecule has 2 aromatic rings. The smallest absolute Gasteiger partial charge is 0.225 e. The molecule has 2 nitrogen and oxygen atoms in total. The molecule has 122 valence electrons. The second-order valence-electron chi connectivity index (χ2n) is 7.26. The molecule has 1 amide bonds. The third-order valence-corrected chi connectivity index (χ3v) is 5.70. The topological polar surface area (TPSA) is 20.3 Å². The predicted molar refractivity (Wildman–Crippen MR) is 98.6 cm³/mol. The molecule has 2 heteroatoms. The molecule has 2 aromatic carbocycles. The van der Waals surface area contributed by atoms with E-state index in [1.54, 1.807) is 4.90 Å². The normalized spacial score (nSPS) is 20.3. The second kappa shape index (κ2) is 5.62. The van der Waals surface area contributed by atoms with E-state index in [9.17, 15) is 4.79 Å². The Balaban J connectivity index is 1.89. The minimum atomic E-state index is -0.0486. The summed E-state index contributed by atoms with van der Waals surface area (Å²) in [7, 11) is 3.73. The summed E-state index contributed by atoms with van der Waals surface area (Å²) in [6, 6.07) is 17.4. The van der Waals surface area contributed by atoms with Gasteiger partial charge in [0.25, 0.3) is 0 Å². The van der Waals surface area contributed by atoms with Gasteiger partial charge in [0.15, 0.2) is 0 Å². The van der Waals surface area contributed by atoms with Crippen LogP contribution in [-0.4, -0.2) is 24.9 Å². The molecule has 1 spiro atoms. The van der Waals surface area contributed by atoms with Gasteiger partial charge in [-0.05, 0) is 41.5 Å². The first-order chi connectivity index (χ1) is 11.6. The van der Waals surface area contributed by atoms with Gasteiger partial charge in [-0.25, -0.2) is 0 Å². The summed E-state index contributed by atoms with van der Waals surface area (Å²) in [5.41, 5.74) is 5.27. The molecule has 2 aliphatic rings. The number of benzene rings is 2. The van der Waals surface area contributed by atoms with Crippen LogP contribution in [0.5, 0.6) is 0 Å². The number of hydrogen-bond acceptors (Lipinski definition) is 1. The van der Waals surface area contributed by atoms with E-state index >= 15 is 0 Å². The van der Waals surface area contributed by atoms with Gasteiger partial charge in [0.05, 0.1) is 0 Å². The Morgan fingerprint density at radius 2 is 1.50 bits per heavy atom. The van der Waals surface area contributed by atoms with Crippen LogP contribution >= 0.6 is 0 Å². The number of nitrogens with zero attached hydrogens (tertiary/aromatic N) is 1. The van der Waals surface area contributed by atoms with Gasteiger partial charge in [-0.15, -0.1) is 0 Å². The Morgan fingerprint density at radius 1 is 0.958 bits per heavy atom. The van der Waals surface area contributed by atoms with Gasteiger partial charge in [0.2, 0.25) is 5.91 Å². The van der Waals surface area contributed by atoms with Crippen LogP contribution in [0.3, 0.4) is 0 Å². The molecule has 0 aromatic heterocycles. The highest BCUT2D eigenvalue weighted by Gasteiger charge is 2.46. The van der Waals surface area contributed by atoms with Crippen LogP contribution in [0.4, 0.5) is 0 Å². The second-order valence-corrected chi connectivity index (χ2v) is 7.26. The highest BCUT2D eigenvalue weighted by molar-refractivity contribution is 5.81. The third kappa shape index (κ3) is 2.21. The van der Waals surface area contributed by atoms with Gasteiger partial charge in [0, 0.05) is 25.4 Å². The molecular weight excluding hydrogens is 294 g/mol. The highest BCUT2D eigenvalue weighted by Crippen LogP contribution is 2.52. The maximum Gasteiger partial charge on any atom is 0.225 e. The van der Waals surface area contributed by atoms with E-state index in [1.807, 2.05) is 14.1 Å². The molecule has 4 rings (SSSR count). The Morgan fingerprint density at radius 3 is 2.04 bits per heavy atom. The zero-order valence-electron chi connectivity index (χ0n) is 14.3. The van der Waals surface area contributed by atoms with E-state index in [-0.39, 0.29) is 17.2 Å². The Kier molecular flexibility index (Phi) is 3.56. The number of carbonyl (C=O) groups excluding carboxylic acids is 1. The van der Waals surface area contributed by atoms with E-state index < -0.39 is 0 Å². The first-order valence-corrected chi connectivity index (χ1v) is 8.70. The summed E-state index contributed by atoms with van der Waals surface area (Å²) in [5, 5.41) is 0. The van der Waals surface area contributed by atoms with Crippen LogP contribution in [0.25, 0.3) is 12.2 Å². The average molecular weight is 317 g/mol. The van der Waals surface area contributed by atoms with Gasteiger partial charge in [-0.3, -0.25) is 4.79 Å². The number of fused-ring (bicyclic) bond motifs is 4. The molecule has 2 aliphatic carbocycles. The van der Waals surface area contributed by atoms with Crippen molar-refractivity contribution in [2.45, 2.75) is 24.7 Å². The van der Waals surface area contributed by atoms with E-state index in [2.05, 4.69) is 60.7 Å². The lowest BCUT2D eigenvalue weighted by atomic mass is 9.70. The van der Waals surface area contributed by atoms with Crippen molar-refractivity contribution in [3.63, 3.8) is 0 Å². The number of rotatable bonds is 1. The average Bonchev–Trinajstić information content (AvgIpc) is 3.00. The fourth-order valence-corrected chi connectivity index (χ4v) is 4.59. The first kappa shape index (κ1) is 15.2. The minimum absolute atomic E-state index is 0.0486. The van der Waals surface area contributed by atoms with E-state index in [0.29, 0.717) is 0 Å². The van der Waals surface area contributed by atoms with Crippen LogP contribution in [0.15, 0.2) is 48.5 Å². The number of amides is 1. The van der Waals surface area contributed by atoms with Gasteiger partial charge in [-0.1, -0.05) is 60.7 Å². The van der Waals surface area contributed by atoms with Crippen molar-refractivity contribution in [2.24, 2.45) is 5.92 Å². The summed E-state index contributed by atoms with van der Waals surface area (Å²) in [4.78, 5) is 14.3. The zero-order chi connectivity index (χ0) is 16.7. The van der Waals surface area contributed by atoms with Crippen molar-refractivity contribution >= 4 is 18.1 Å². The van der Waals surface area contributed by atoms with E-state index in [4.69, 9.17) is 0 Å². The number of hydrogen-bond donors (Lipinski definition) is 0. The Labute approximate surface area is 143 Å². The van der Waals surface area contributed by atoms with Crippen molar-refractivity contribution in [3.05, 3.63) is 70.8 Å².